The Bertz CT molecular complexity index is 290. The largest absolute Gasteiger partial charge is 0.481 e. The number of likely N-dealkylation sites (tertiary alicyclic amines) is 1. The summed E-state index contributed by atoms with van der Waals surface area (Å²) in [6.07, 6.45) is 3.55. The molecule has 1 saturated heterocycles. The van der Waals surface area contributed by atoms with Crippen LogP contribution in [-0.4, -0.2) is 34.5 Å². The average molecular weight is 211 g/mol. The SMILES string of the molecule is CC(=O)N1C[C@H]2CCC[C@H]2[C@H]1CC(=O)O. The van der Waals surface area contributed by atoms with Crippen LogP contribution in [0.4, 0.5) is 0 Å². The van der Waals surface area contributed by atoms with Crippen LogP contribution in [0.15, 0.2) is 0 Å². The highest BCUT2D eigenvalue weighted by molar-refractivity contribution is 5.75. The Morgan fingerprint density at radius 3 is 2.73 bits per heavy atom. The van der Waals surface area contributed by atoms with Gasteiger partial charge in [0.1, 0.15) is 0 Å². The van der Waals surface area contributed by atoms with Crippen LogP contribution in [-0.2, 0) is 9.59 Å². The average Bonchev–Trinajstić information content (AvgIpc) is 2.66. The first-order valence-electron chi connectivity index (χ1n) is 5.58. The van der Waals surface area contributed by atoms with Gasteiger partial charge in [-0.25, -0.2) is 0 Å². The maximum atomic E-state index is 11.4. The summed E-state index contributed by atoms with van der Waals surface area (Å²) in [5.41, 5.74) is 0. The predicted octanol–water partition coefficient (Wildman–Crippen LogP) is 1.11. The maximum absolute atomic E-state index is 11.4. The van der Waals surface area contributed by atoms with Gasteiger partial charge in [-0.3, -0.25) is 9.59 Å². The second kappa shape index (κ2) is 3.83. The molecule has 0 aromatic carbocycles. The summed E-state index contributed by atoms with van der Waals surface area (Å²) in [6, 6.07) is -0.0486. The number of hydrogen-bond donors (Lipinski definition) is 1. The van der Waals surface area contributed by atoms with Gasteiger partial charge in [0, 0.05) is 19.5 Å². The highest BCUT2D eigenvalue weighted by Gasteiger charge is 2.45. The normalized spacial score (nSPS) is 34.2. The summed E-state index contributed by atoms with van der Waals surface area (Å²) in [7, 11) is 0. The molecule has 1 aliphatic heterocycles. The molecule has 0 bridgehead atoms. The standard InChI is InChI=1S/C11H17NO3/c1-7(13)12-6-8-3-2-4-9(8)10(12)5-11(14)15/h8-10H,2-6H2,1H3,(H,14,15)/t8-,9-,10-/m1/s1. The third-order valence-corrected chi connectivity index (χ3v) is 3.83. The number of fused-ring (bicyclic) bond motifs is 1. The smallest absolute Gasteiger partial charge is 0.305 e. The van der Waals surface area contributed by atoms with Crippen molar-refractivity contribution in [2.45, 2.75) is 38.6 Å². The second-order valence-electron chi connectivity index (χ2n) is 4.69. The van der Waals surface area contributed by atoms with Crippen molar-refractivity contribution in [2.24, 2.45) is 11.8 Å². The maximum Gasteiger partial charge on any atom is 0.305 e. The number of hydrogen-bond acceptors (Lipinski definition) is 2. The highest BCUT2D eigenvalue weighted by atomic mass is 16.4. The fourth-order valence-electron chi connectivity index (χ4n) is 3.22. The predicted molar refractivity (Wildman–Crippen MR) is 54.3 cm³/mol. The molecule has 1 aliphatic carbocycles. The van der Waals surface area contributed by atoms with Crippen molar-refractivity contribution in [3.63, 3.8) is 0 Å². The van der Waals surface area contributed by atoms with Crippen LogP contribution in [0.2, 0.25) is 0 Å². The van der Waals surface area contributed by atoms with E-state index < -0.39 is 5.97 Å². The molecular weight excluding hydrogens is 194 g/mol. The number of nitrogens with zero attached hydrogens (tertiary/aromatic N) is 1. The number of carbonyl (C=O) groups excluding carboxylic acids is 1. The van der Waals surface area contributed by atoms with Crippen molar-refractivity contribution in [3.05, 3.63) is 0 Å². The van der Waals surface area contributed by atoms with Crippen molar-refractivity contribution < 1.29 is 14.7 Å². The van der Waals surface area contributed by atoms with E-state index >= 15 is 0 Å². The van der Waals surface area contributed by atoms with Crippen LogP contribution in [0.3, 0.4) is 0 Å². The molecule has 15 heavy (non-hydrogen) atoms. The van der Waals surface area contributed by atoms with E-state index in [0.29, 0.717) is 11.8 Å². The molecule has 1 saturated carbocycles. The van der Waals surface area contributed by atoms with E-state index in [1.54, 1.807) is 4.90 Å². The molecular formula is C11H17NO3. The van der Waals surface area contributed by atoms with Crippen molar-refractivity contribution in [1.29, 1.82) is 0 Å². The second-order valence-corrected chi connectivity index (χ2v) is 4.69. The van der Waals surface area contributed by atoms with Crippen LogP contribution < -0.4 is 0 Å². The summed E-state index contributed by atoms with van der Waals surface area (Å²) in [4.78, 5) is 23.9. The van der Waals surface area contributed by atoms with Gasteiger partial charge in [0.05, 0.1) is 6.42 Å². The van der Waals surface area contributed by atoms with Gasteiger partial charge in [0.15, 0.2) is 0 Å². The molecule has 0 spiro atoms. The number of carboxylic acid groups (broad SMARTS) is 1. The summed E-state index contributed by atoms with van der Waals surface area (Å²) in [5.74, 6) is 0.220. The van der Waals surface area contributed by atoms with E-state index in [4.69, 9.17) is 5.11 Å². The lowest BCUT2D eigenvalue weighted by atomic mass is 9.92. The zero-order valence-electron chi connectivity index (χ0n) is 8.98. The first-order chi connectivity index (χ1) is 7.09. The van der Waals surface area contributed by atoms with Gasteiger partial charge in [0.2, 0.25) is 5.91 Å². The Morgan fingerprint density at radius 2 is 2.13 bits per heavy atom. The molecule has 2 fully saturated rings. The van der Waals surface area contributed by atoms with E-state index in [-0.39, 0.29) is 18.4 Å². The number of amides is 1. The van der Waals surface area contributed by atoms with Crippen molar-refractivity contribution in [3.8, 4) is 0 Å². The van der Waals surface area contributed by atoms with E-state index in [1.807, 2.05) is 0 Å². The monoisotopic (exact) mass is 211 g/mol. The van der Waals surface area contributed by atoms with Gasteiger partial charge in [-0.15, -0.1) is 0 Å². The molecule has 2 rings (SSSR count). The zero-order valence-corrected chi connectivity index (χ0v) is 8.98. The molecule has 0 radical (unpaired) electrons. The molecule has 1 amide bonds. The molecule has 4 heteroatoms. The zero-order chi connectivity index (χ0) is 11.0. The molecule has 1 N–H and O–H groups in total. The Labute approximate surface area is 89.3 Å². The van der Waals surface area contributed by atoms with Gasteiger partial charge >= 0.3 is 5.97 Å². The van der Waals surface area contributed by atoms with Crippen molar-refractivity contribution >= 4 is 11.9 Å². The highest BCUT2D eigenvalue weighted by Crippen LogP contribution is 2.43. The number of carboxylic acids is 1. The van der Waals surface area contributed by atoms with Gasteiger partial charge in [-0.2, -0.15) is 0 Å². The first-order valence-corrected chi connectivity index (χ1v) is 5.58. The van der Waals surface area contributed by atoms with Gasteiger partial charge < -0.3 is 10.0 Å². The molecule has 0 aromatic heterocycles. The third kappa shape index (κ3) is 1.85. The lowest BCUT2D eigenvalue weighted by Gasteiger charge is -2.25. The van der Waals surface area contributed by atoms with Gasteiger partial charge in [-0.05, 0) is 24.7 Å². The summed E-state index contributed by atoms with van der Waals surface area (Å²) in [6.45, 7) is 2.31. The fraction of sp³-hybridized carbons (Fsp3) is 0.818. The van der Waals surface area contributed by atoms with E-state index in [0.717, 1.165) is 19.4 Å². The molecule has 4 nitrogen and oxygen atoms in total. The fourth-order valence-corrected chi connectivity index (χ4v) is 3.22. The van der Waals surface area contributed by atoms with E-state index in [2.05, 4.69) is 0 Å². The lowest BCUT2D eigenvalue weighted by Crippen LogP contribution is -2.38. The van der Waals surface area contributed by atoms with Crippen LogP contribution in [0, 0.1) is 11.8 Å². The Hall–Kier alpha value is -1.06. The van der Waals surface area contributed by atoms with Crippen LogP contribution in [0.5, 0.6) is 0 Å². The molecule has 0 aromatic rings. The van der Waals surface area contributed by atoms with Crippen molar-refractivity contribution in [1.82, 2.24) is 4.90 Å². The summed E-state index contributed by atoms with van der Waals surface area (Å²) < 4.78 is 0. The Kier molecular flexibility index (Phi) is 2.67. The lowest BCUT2D eigenvalue weighted by molar-refractivity contribution is -0.140. The van der Waals surface area contributed by atoms with Crippen LogP contribution in [0.25, 0.3) is 0 Å². The summed E-state index contributed by atoms with van der Waals surface area (Å²) in [5, 5.41) is 8.86. The first kappa shape index (κ1) is 10.5. The quantitative estimate of drug-likeness (QED) is 0.744. The number of rotatable bonds is 2. The molecule has 84 valence electrons. The molecule has 3 atom stereocenters. The minimum absolute atomic E-state index is 0.0237. The molecule has 0 unspecified atom stereocenters. The topological polar surface area (TPSA) is 57.6 Å². The van der Waals surface area contributed by atoms with Crippen LogP contribution >= 0.6 is 0 Å². The van der Waals surface area contributed by atoms with Crippen LogP contribution in [0.1, 0.15) is 32.6 Å². The van der Waals surface area contributed by atoms with Gasteiger partial charge in [-0.1, -0.05) is 6.42 Å². The van der Waals surface area contributed by atoms with E-state index in [1.165, 1.54) is 13.3 Å². The molecule has 2 aliphatic rings. The minimum Gasteiger partial charge on any atom is -0.481 e. The summed E-state index contributed by atoms with van der Waals surface area (Å²) >= 11 is 0. The third-order valence-electron chi connectivity index (χ3n) is 3.83. The minimum atomic E-state index is -0.793. The Morgan fingerprint density at radius 1 is 1.40 bits per heavy atom. The molecule has 1 heterocycles. The van der Waals surface area contributed by atoms with Crippen molar-refractivity contribution in [2.75, 3.05) is 6.54 Å². The number of carbonyl (C=O) groups is 2. The van der Waals surface area contributed by atoms with Gasteiger partial charge in [0.25, 0.3) is 0 Å². The van der Waals surface area contributed by atoms with E-state index in [9.17, 15) is 9.59 Å². The Balaban J connectivity index is 2.13. The number of aliphatic carboxylic acids is 1.